The van der Waals surface area contributed by atoms with Gasteiger partial charge < -0.3 is 5.32 Å². The zero-order valence-electron chi connectivity index (χ0n) is 16.5. The summed E-state index contributed by atoms with van der Waals surface area (Å²) >= 11 is 0. The molecule has 1 heterocycles. The summed E-state index contributed by atoms with van der Waals surface area (Å²) in [4.78, 5) is 24.4. The number of carbonyl (C=O) groups is 1. The van der Waals surface area contributed by atoms with Crippen LogP contribution in [0.15, 0.2) is 65.5 Å². The fourth-order valence-electron chi connectivity index (χ4n) is 3.01. The summed E-state index contributed by atoms with van der Waals surface area (Å²) in [5.74, 6) is -0.110. The number of carbonyl (C=O) groups excluding carboxylic acids is 1. The van der Waals surface area contributed by atoms with Crippen LogP contribution in [0.5, 0.6) is 0 Å². The third-order valence-corrected chi connectivity index (χ3v) is 4.90. The zero-order chi connectivity index (χ0) is 20.1. The number of nitrogens with zero attached hydrogens (tertiary/aromatic N) is 2. The summed E-state index contributed by atoms with van der Waals surface area (Å²) in [6.45, 7) is 6.29. The van der Waals surface area contributed by atoms with Gasteiger partial charge in [-0.2, -0.15) is 5.10 Å². The topological polar surface area (TPSA) is 64.0 Å². The molecule has 1 amide bonds. The maximum Gasteiger partial charge on any atom is 0.266 e. The minimum atomic E-state index is -0.212. The van der Waals surface area contributed by atoms with E-state index < -0.39 is 0 Å². The van der Waals surface area contributed by atoms with Gasteiger partial charge in [-0.1, -0.05) is 42.5 Å². The second-order valence-corrected chi connectivity index (χ2v) is 7.03. The highest BCUT2D eigenvalue weighted by Crippen LogP contribution is 2.19. The zero-order valence-corrected chi connectivity index (χ0v) is 16.5. The van der Waals surface area contributed by atoms with Crippen LogP contribution in [0.25, 0.3) is 11.3 Å². The van der Waals surface area contributed by atoms with Crippen molar-refractivity contribution in [3.63, 3.8) is 0 Å². The van der Waals surface area contributed by atoms with Gasteiger partial charge in [0.2, 0.25) is 5.91 Å². The quantitative estimate of drug-likeness (QED) is 0.713. The smallest absolute Gasteiger partial charge is 0.266 e. The molecule has 0 radical (unpaired) electrons. The van der Waals surface area contributed by atoms with Gasteiger partial charge >= 0.3 is 0 Å². The van der Waals surface area contributed by atoms with E-state index in [0.717, 1.165) is 16.8 Å². The Morgan fingerprint density at radius 1 is 1.04 bits per heavy atom. The molecule has 1 atom stereocenters. The minimum Gasteiger partial charge on any atom is -0.350 e. The molecule has 1 N–H and O–H groups in total. The van der Waals surface area contributed by atoms with E-state index in [0.29, 0.717) is 0 Å². The van der Waals surface area contributed by atoms with Crippen LogP contribution < -0.4 is 10.9 Å². The van der Waals surface area contributed by atoms with Gasteiger partial charge in [0.1, 0.15) is 0 Å². The van der Waals surface area contributed by atoms with Crippen molar-refractivity contribution >= 4 is 5.91 Å². The second kappa shape index (κ2) is 8.65. The standard InChI is InChI=1S/C23H25N3O2/c1-16-9-10-20(15-17(16)2)21-11-12-23(28)26(25-21)14-13-22(27)24-18(3)19-7-5-4-6-8-19/h4-12,15,18H,13-14H2,1-3H3,(H,24,27)/t18-/m1/s1. The largest absolute Gasteiger partial charge is 0.350 e. The molecule has 3 aromatic rings. The molecule has 0 saturated carbocycles. The molecule has 2 aromatic carbocycles. The van der Waals surface area contributed by atoms with Crippen LogP contribution in [-0.2, 0) is 11.3 Å². The van der Waals surface area contributed by atoms with Gasteiger partial charge in [0.15, 0.2) is 0 Å². The van der Waals surface area contributed by atoms with E-state index >= 15 is 0 Å². The minimum absolute atomic E-state index is 0.0831. The molecule has 1 aromatic heterocycles. The number of benzene rings is 2. The van der Waals surface area contributed by atoms with Crippen molar-refractivity contribution in [2.24, 2.45) is 0 Å². The first-order valence-corrected chi connectivity index (χ1v) is 9.44. The number of amides is 1. The maximum atomic E-state index is 12.3. The van der Waals surface area contributed by atoms with E-state index in [-0.39, 0.29) is 30.5 Å². The van der Waals surface area contributed by atoms with Gasteiger partial charge in [0.05, 0.1) is 18.3 Å². The van der Waals surface area contributed by atoms with Crippen molar-refractivity contribution in [1.82, 2.24) is 15.1 Å². The van der Waals surface area contributed by atoms with E-state index in [4.69, 9.17) is 0 Å². The van der Waals surface area contributed by atoms with Gasteiger partial charge in [-0.05, 0) is 49.6 Å². The van der Waals surface area contributed by atoms with Crippen LogP contribution in [0.1, 0.15) is 36.1 Å². The average Bonchev–Trinajstić information content (AvgIpc) is 2.70. The highest BCUT2D eigenvalue weighted by atomic mass is 16.2. The molecule has 144 valence electrons. The van der Waals surface area contributed by atoms with Crippen molar-refractivity contribution in [2.75, 3.05) is 0 Å². The average molecular weight is 375 g/mol. The fraction of sp³-hybridized carbons (Fsp3) is 0.261. The van der Waals surface area contributed by atoms with Crippen molar-refractivity contribution in [3.8, 4) is 11.3 Å². The normalized spacial score (nSPS) is 11.8. The van der Waals surface area contributed by atoms with Crippen LogP contribution in [0.3, 0.4) is 0 Å². The lowest BCUT2D eigenvalue weighted by Crippen LogP contribution is -2.30. The molecule has 0 fully saturated rings. The van der Waals surface area contributed by atoms with Crippen LogP contribution in [0, 0.1) is 13.8 Å². The lowest BCUT2D eigenvalue weighted by atomic mass is 10.0. The van der Waals surface area contributed by atoms with E-state index in [1.165, 1.54) is 21.9 Å². The summed E-state index contributed by atoms with van der Waals surface area (Å²) in [5, 5.41) is 7.41. The number of aryl methyl sites for hydroxylation is 3. The molecular formula is C23H25N3O2. The van der Waals surface area contributed by atoms with Crippen LogP contribution >= 0.6 is 0 Å². The first kappa shape index (κ1) is 19.5. The fourth-order valence-corrected chi connectivity index (χ4v) is 3.01. The van der Waals surface area contributed by atoms with Gasteiger partial charge in [-0.3, -0.25) is 9.59 Å². The van der Waals surface area contributed by atoms with Crippen LogP contribution in [0.4, 0.5) is 0 Å². The molecule has 0 spiro atoms. The highest BCUT2D eigenvalue weighted by Gasteiger charge is 2.11. The van der Waals surface area contributed by atoms with E-state index in [9.17, 15) is 9.59 Å². The summed E-state index contributed by atoms with van der Waals surface area (Å²) in [5.41, 5.74) is 4.90. The number of hydrogen-bond acceptors (Lipinski definition) is 3. The monoisotopic (exact) mass is 375 g/mol. The Balaban J connectivity index is 1.68. The molecule has 0 saturated heterocycles. The van der Waals surface area contributed by atoms with E-state index in [1.807, 2.05) is 56.3 Å². The summed E-state index contributed by atoms with van der Waals surface area (Å²) in [6, 6.07) is 19.0. The van der Waals surface area contributed by atoms with Gasteiger partial charge in [-0.15, -0.1) is 0 Å². The Bertz CT molecular complexity index is 1030. The SMILES string of the molecule is Cc1ccc(-c2ccc(=O)n(CCC(=O)N[C@H](C)c3ccccc3)n2)cc1C. The predicted octanol–water partition coefficient (Wildman–Crippen LogP) is 3.79. The Hall–Kier alpha value is -3.21. The first-order chi connectivity index (χ1) is 13.4. The lowest BCUT2D eigenvalue weighted by molar-refractivity contribution is -0.122. The Labute approximate surface area is 165 Å². The Kier molecular flexibility index (Phi) is 6.04. The molecule has 0 bridgehead atoms. The van der Waals surface area contributed by atoms with Gasteiger partial charge in [0.25, 0.3) is 5.56 Å². The number of rotatable bonds is 6. The molecule has 0 aliphatic rings. The van der Waals surface area contributed by atoms with Crippen molar-refractivity contribution in [1.29, 1.82) is 0 Å². The molecular weight excluding hydrogens is 350 g/mol. The first-order valence-electron chi connectivity index (χ1n) is 9.44. The second-order valence-electron chi connectivity index (χ2n) is 7.03. The van der Waals surface area contributed by atoms with Crippen molar-refractivity contribution in [3.05, 3.63) is 87.7 Å². The summed E-state index contributed by atoms with van der Waals surface area (Å²) < 4.78 is 1.36. The molecule has 0 unspecified atom stereocenters. The maximum absolute atomic E-state index is 12.3. The third-order valence-electron chi connectivity index (χ3n) is 4.90. The van der Waals surface area contributed by atoms with Crippen LogP contribution in [0.2, 0.25) is 0 Å². The molecule has 3 rings (SSSR count). The molecule has 0 aliphatic heterocycles. The van der Waals surface area contributed by atoms with E-state index in [1.54, 1.807) is 6.07 Å². The lowest BCUT2D eigenvalue weighted by Gasteiger charge is -2.14. The summed E-state index contributed by atoms with van der Waals surface area (Å²) in [7, 11) is 0. The number of nitrogens with one attached hydrogen (secondary N) is 1. The summed E-state index contributed by atoms with van der Waals surface area (Å²) in [6.07, 6.45) is 0.195. The molecule has 5 nitrogen and oxygen atoms in total. The predicted molar refractivity (Wildman–Crippen MR) is 111 cm³/mol. The van der Waals surface area contributed by atoms with Gasteiger partial charge in [-0.25, -0.2) is 4.68 Å². The number of hydrogen-bond donors (Lipinski definition) is 1. The molecule has 28 heavy (non-hydrogen) atoms. The Morgan fingerprint density at radius 2 is 1.79 bits per heavy atom. The third kappa shape index (κ3) is 4.74. The van der Waals surface area contributed by atoms with E-state index in [2.05, 4.69) is 23.4 Å². The van der Waals surface area contributed by atoms with Crippen molar-refractivity contribution < 1.29 is 4.79 Å². The highest BCUT2D eigenvalue weighted by molar-refractivity contribution is 5.76. The Morgan fingerprint density at radius 3 is 2.50 bits per heavy atom. The van der Waals surface area contributed by atoms with Gasteiger partial charge in [0, 0.05) is 18.1 Å². The number of aromatic nitrogens is 2. The molecule has 5 heteroatoms. The van der Waals surface area contributed by atoms with Crippen LogP contribution in [-0.4, -0.2) is 15.7 Å². The van der Waals surface area contributed by atoms with Crippen molar-refractivity contribution in [2.45, 2.75) is 39.8 Å². The molecule has 0 aliphatic carbocycles.